The summed E-state index contributed by atoms with van der Waals surface area (Å²) in [5.41, 5.74) is 0. The summed E-state index contributed by atoms with van der Waals surface area (Å²) in [4.78, 5) is 0. The third-order valence-electron chi connectivity index (χ3n) is 3.22. The molecule has 2 heteroatoms. The summed E-state index contributed by atoms with van der Waals surface area (Å²) >= 11 is 0. The van der Waals surface area contributed by atoms with Crippen molar-refractivity contribution in [3.63, 3.8) is 0 Å². The van der Waals surface area contributed by atoms with Gasteiger partial charge in [0.25, 0.3) is 0 Å². The second-order valence-corrected chi connectivity index (χ2v) is 4.44. The van der Waals surface area contributed by atoms with E-state index in [-0.39, 0.29) is 6.10 Å². The van der Waals surface area contributed by atoms with Gasteiger partial charge in [0.15, 0.2) is 0 Å². The maximum Gasteiger partial charge on any atom is 0.0570 e. The van der Waals surface area contributed by atoms with Gasteiger partial charge < -0.3 is 9.84 Å². The number of ether oxygens (including phenoxy) is 1. The van der Waals surface area contributed by atoms with E-state index >= 15 is 0 Å². The largest absolute Gasteiger partial charge is 0.393 e. The Morgan fingerprint density at radius 1 is 1.27 bits per heavy atom. The summed E-state index contributed by atoms with van der Waals surface area (Å²) in [6, 6.07) is 0. The topological polar surface area (TPSA) is 29.5 Å². The summed E-state index contributed by atoms with van der Waals surface area (Å²) in [7, 11) is 0. The van der Waals surface area contributed by atoms with Crippen LogP contribution in [0.3, 0.4) is 0 Å². The highest BCUT2D eigenvalue weighted by Crippen LogP contribution is 2.22. The number of aliphatic hydroxyl groups is 1. The summed E-state index contributed by atoms with van der Waals surface area (Å²) in [5, 5.41) is 9.95. The van der Waals surface area contributed by atoms with Gasteiger partial charge in [0, 0.05) is 13.2 Å². The first kappa shape index (κ1) is 12.7. The molecule has 15 heavy (non-hydrogen) atoms. The lowest BCUT2D eigenvalue weighted by atomic mass is 9.90. The second-order valence-electron chi connectivity index (χ2n) is 4.44. The molecule has 1 atom stereocenters. The Morgan fingerprint density at radius 3 is 2.67 bits per heavy atom. The number of hydrogen-bond acceptors (Lipinski definition) is 2. The lowest BCUT2D eigenvalue weighted by molar-refractivity contribution is 0.00411. The van der Waals surface area contributed by atoms with Crippen molar-refractivity contribution in [2.45, 2.75) is 51.0 Å². The molecular formula is C13H24O2. The zero-order valence-electron chi connectivity index (χ0n) is 9.66. The highest BCUT2D eigenvalue weighted by molar-refractivity contribution is 4.72. The van der Waals surface area contributed by atoms with E-state index in [4.69, 9.17) is 4.74 Å². The number of rotatable bonds is 7. The lowest BCUT2D eigenvalue weighted by Gasteiger charge is -2.26. The Balaban J connectivity index is 2.01. The molecule has 0 aromatic heterocycles. The summed E-state index contributed by atoms with van der Waals surface area (Å²) in [6.45, 7) is 5.37. The molecule has 1 saturated heterocycles. The van der Waals surface area contributed by atoms with Crippen LogP contribution in [0.2, 0.25) is 0 Å². The quantitative estimate of drug-likeness (QED) is 0.519. The van der Waals surface area contributed by atoms with Crippen LogP contribution in [0.4, 0.5) is 0 Å². The summed E-state index contributed by atoms with van der Waals surface area (Å²) < 4.78 is 5.29. The summed E-state index contributed by atoms with van der Waals surface area (Å²) in [6.07, 6.45) is 9.58. The Labute approximate surface area is 93.3 Å². The van der Waals surface area contributed by atoms with E-state index in [2.05, 4.69) is 6.58 Å². The van der Waals surface area contributed by atoms with Gasteiger partial charge >= 0.3 is 0 Å². The van der Waals surface area contributed by atoms with Gasteiger partial charge in [0.1, 0.15) is 0 Å². The minimum atomic E-state index is -0.0994. The molecule has 0 aliphatic carbocycles. The molecule has 1 N–H and O–H groups in total. The fourth-order valence-corrected chi connectivity index (χ4v) is 2.16. The highest BCUT2D eigenvalue weighted by Gasteiger charge is 2.21. The molecule has 1 unspecified atom stereocenters. The van der Waals surface area contributed by atoms with Crippen LogP contribution in [-0.2, 0) is 4.74 Å². The van der Waals surface area contributed by atoms with Gasteiger partial charge in [0.05, 0.1) is 6.10 Å². The van der Waals surface area contributed by atoms with Crippen LogP contribution in [-0.4, -0.2) is 24.4 Å². The van der Waals surface area contributed by atoms with Crippen LogP contribution in [0.25, 0.3) is 0 Å². The van der Waals surface area contributed by atoms with Crippen LogP contribution >= 0.6 is 0 Å². The molecule has 0 aromatic rings. The van der Waals surface area contributed by atoms with E-state index in [1.807, 2.05) is 6.08 Å². The maximum absolute atomic E-state index is 9.95. The Hall–Kier alpha value is -0.340. The van der Waals surface area contributed by atoms with Crippen molar-refractivity contribution in [1.29, 1.82) is 0 Å². The molecular weight excluding hydrogens is 188 g/mol. The molecule has 88 valence electrons. The van der Waals surface area contributed by atoms with E-state index in [0.29, 0.717) is 5.92 Å². The number of allylic oxidation sites excluding steroid dienone is 1. The lowest BCUT2D eigenvalue weighted by Crippen LogP contribution is -2.27. The molecule has 1 aliphatic heterocycles. The normalized spacial score (nSPS) is 20.1. The summed E-state index contributed by atoms with van der Waals surface area (Å²) in [5.74, 6) is 0.484. The van der Waals surface area contributed by atoms with E-state index in [1.165, 1.54) is 12.8 Å². The first-order valence-electron chi connectivity index (χ1n) is 6.21. The fraction of sp³-hybridized carbons (Fsp3) is 0.846. The first-order valence-corrected chi connectivity index (χ1v) is 6.21. The van der Waals surface area contributed by atoms with E-state index in [9.17, 15) is 5.11 Å². The standard InChI is InChI=1S/C13H24O2/c1-2-3-4-5-6-7-13(14)12-8-10-15-11-9-12/h2,12-14H,1,3-11H2. The third kappa shape index (κ3) is 5.33. The molecule has 1 heterocycles. The van der Waals surface area contributed by atoms with E-state index in [0.717, 1.165) is 45.3 Å². The average molecular weight is 212 g/mol. The maximum atomic E-state index is 9.95. The smallest absolute Gasteiger partial charge is 0.0570 e. The van der Waals surface area contributed by atoms with Gasteiger partial charge in [-0.05, 0) is 38.0 Å². The molecule has 0 saturated carbocycles. The van der Waals surface area contributed by atoms with Crippen LogP contribution in [0.5, 0.6) is 0 Å². The van der Waals surface area contributed by atoms with Crippen molar-refractivity contribution in [3.05, 3.63) is 12.7 Å². The monoisotopic (exact) mass is 212 g/mol. The Bertz CT molecular complexity index is 162. The first-order chi connectivity index (χ1) is 7.34. The highest BCUT2D eigenvalue weighted by atomic mass is 16.5. The van der Waals surface area contributed by atoms with E-state index in [1.54, 1.807) is 0 Å². The molecule has 1 rings (SSSR count). The van der Waals surface area contributed by atoms with Crippen LogP contribution < -0.4 is 0 Å². The molecule has 0 radical (unpaired) electrons. The van der Waals surface area contributed by atoms with Crippen molar-refractivity contribution in [2.24, 2.45) is 5.92 Å². The van der Waals surface area contributed by atoms with Crippen molar-refractivity contribution in [3.8, 4) is 0 Å². The van der Waals surface area contributed by atoms with Gasteiger partial charge in [-0.1, -0.05) is 18.9 Å². The van der Waals surface area contributed by atoms with Gasteiger partial charge in [-0.2, -0.15) is 0 Å². The number of aliphatic hydroxyl groups excluding tert-OH is 1. The zero-order chi connectivity index (χ0) is 10.9. The molecule has 0 spiro atoms. The Morgan fingerprint density at radius 2 is 2.00 bits per heavy atom. The second kappa shape index (κ2) is 7.89. The van der Waals surface area contributed by atoms with Gasteiger partial charge in [-0.25, -0.2) is 0 Å². The Kier molecular flexibility index (Phi) is 6.69. The van der Waals surface area contributed by atoms with Crippen LogP contribution in [0, 0.1) is 5.92 Å². The molecule has 2 nitrogen and oxygen atoms in total. The predicted molar refractivity (Wildman–Crippen MR) is 62.8 cm³/mol. The van der Waals surface area contributed by atoms with Gasteiger partial charge in [0.2, 0.25) is 0 Å². The minimum Gasteiger partial charge on any atom is -0.393 e. The molecule has 1 fully saturated rings. The van der Waals surface area contributed by atoms with Crippen LogP contribution in [0.15, 0.2) is 12.7 Å². The van der Waals surface area contributed by atoms with Crippen molar-refractivity contribution >= 4 is 0 Å². The number of hydrogen-bond donors (Lipinski definition) is 1. The predicted octanol–water partition coefficient (Wildman–Crippen LogP) is 2.91. The van der Waals surface area contributed by atoms with Crippen molar-refractivity contribution < 1.29 is 9.84 Å². The molecule has 0 bridgehead atoms. The molecule has 0 aromatic carbocycles. The van der Waals surface area contributed by atoms with E-state index < -0.39 is 0 Å². The van der Waals surface area contributed by atoms with Crippen LogP contribution in [0.1, 0.15) is 44.9 Å². The number of unbranched alkanes of at least 4 members (excludes halogenated alkanes) is 3. The average Bonchev–Trinajstić information content (AvgIpc) is 2.30. The SMILES string of the molecule is C=CCCCCCC(O)C1CCOCC1. The van der Waals surface area contributed by atoms with Crippen molar-refractivity contribution in [1.82, 2.24) is 0 Å². The van der Waals surface area contributed by atoms with Gasteiger partial charge in [-0.3, -0.25) is 0 Å². The third-order valence-corrected chi connectivity index (χ3v) is 3.22. The molecule has 1 aliphatic rings. The molecule has 0 amide bonds. The minimum absolute atomic E-state index is 0.0994. The van der Waals surface area contributed by atoms with Gasteiger partial charge in [-0.15, -0.1) is 6.58 Å². The zero-order valence-corrected chi connectivity index (χ0v) is 9.66. The fourth-order valence-electron chi connectivity index (χ4n) is 2.16. The van der Waals surface area contributed by atoms with Crippen molar-refractivity contribution in [2.75, 3.05) is 13.2 Å².